The van der Waals surface area contributed by atoms with E-state index >= 15 is 0 Å². The smallest absolute Gasteiger partial charge is 0.0125 e. The average molecular weight is 286 g/mol. The number of alkyl halides is 1. The van der Waals surface area contributed by atoms with Gasteiger partial charge in [0.15, 0.2) is 0 Å². The van der Waals surface area contributed by atoms with Gasteiger partial charge in [-0.2, -0.15) is 12.6 Å². The molecule has 0 nitrogen and oxygen atoms in total. The number of hydrogen-bond donors (Lipinski definition) is 1. The van der Waals surface area contributed by atoms with Crippen molar-refractivity contribution in [1.82, 2.24) is 0 Å². The monoisotopic (exact) mass is 286 g/mol. The predicted molar refractivity (Wildman–Crippen MR) is 64.9 cm³/mol. The second kappa shape index (κ2) is 4.35. The number of halogens is 1. The van der Waals surface area contributed by atoms with Crippen LogP contribution in [-0.2, 0) is 0 Å². The summed E-state index contributed by atoms with van der Waals surface area (Å²) >= 11 is 7.12. The normalized spacial score (nSPS) is 18.5. The molecule has 0 aromatic rings. The molecule has 0 bridgehead atoms. The molecule has 0 aliphatic carbocycles. The molecule has 2 heteroatoms. The molecule has 0 aromatic heterocycles. The third-order valence-corrected chi connectivity index (χ3v) is 3.10. The summed E-state index contributed by atoms with van der Waals surface area (Å²) in [5.41, 5.74) is 0. The molecule has 0 rings (SSSR count). The highest BCUT2D eigenvalue weighted by molar-refractivity contribution is 14.1. The van der Waals surface area contributed by atoms with Crippen LogP contribution in [0.2, 0.25) is 0 Å². The quantitative estimate of drug-likeness (QED) is 0.455. The molecular formula is C9H19IS. The van der Waals surface area contributed by atoms with Crippen LogP contribution in [0.1, 0.15) is 34.6 Å². The van der Waals surface area contributed by atoms with Crippen LogP contribution in [0.4, 0.5) is 0 Å². The molecular weight excluding hydrogens is 267 g/mol. The minimum Gasteiger partial charge on any atom is -0.173 e. The van der Waals surface area contributed by atoms with Crippen LogP contribution in [0, 0.1) is 11.8 Å². The van der Waals surface area contributed by atoms with Crippen molar-refractivity contribution in [2.45, 2.75) is 43.3 Å². The Morgan fingerprint density at radius 1 is 1.18 bits per heavy atom. The molecule has 0 saturated carbocycles. The van der Waals surface area contributed by atoms with Crippen LogP contribution in [0.15, 0.2) is 0 Å². The molecule has 0 aromatic carbocycles. The van der Waals surface area contributed by atoms with Crippen molar-refractivity contribution >= 4 is 35.2 Å². The first kappa shape index (κ1) is 12.1. The fraction of sp³-hybridized carbons (Fsp3) is 1.00. The summed E-state index contributed by atoms with van der Waals surface area (Å²) in [5.74, 6) is 1.40. The number of thiol groups is 1. The molecule has 0 fully saturated rings. The van der Waals surface area contributed by atoms with E-state index < -0.39 is 0 Å². The van der Waals surface area contributed by atoms with Crippen LogP contribution in [0.5, 0.6) is 0 Å². The summed E-state index contributed by atoms with van der Waals surface area (Å²) in [4.78, 5) is 0. The van der Waals surface area contributed by atoms with E-state index in [1.54, 1.807) is 0 Å². The molecule has 0 amide bonds. The molecule has 0 heterocycles. The Hall–Kier alpha value is 1.08. The van der Waals surface area contributed by atoms with E-state index in [2.05, 4.69) is 69.8 Å². The fourth-order valence-corrected chi connectivity index (χ4v) is 4.44. The highest BCUT2D eigenvalue weighted by Crippen LogP contribution is 2.35. The molecule has 11 heavy (non-hydrogen) atoms. The molecule has 68 valence electrons. The lowest BCUT2D eigenvalue weighted by atomic mass is 9.83. The van der Waals surface area contributed by atoms with Crippen molar-refractivity contribution < 1.29 is 0 Å². The van der Waals surface area contributed by atoms with Crippen molar-refractivity contribution in [3.63, 3.8) is 0 Å². The second-order valence-corrected chi connectivity index (χ2v) is 7.22. The highest BCUT2D eigenvalue weighted by atomic mass is 127. The van der Waals surface area contributed by atoms with Gasteiger partial charge in [0.25, 0.3) is 0 Å². The van der Waals surface area contributed by atoms with E-state index in [-0.39, 0.29) is 4.75 Å². The van der Waals surface area contributed by atoms with Gasteiger partial charge in [-0.25, -0.2) is 0 Å². The zero-order chi connectivity index (χ0) is 9.23. The zero-order valence-corrected chi connectivity index (χ0v) is 11.1. The summed E-state index contributed by atoms with van der Waals surface area (Å²) in [7, 11) is 0. The van der Waals surface area contributed by atoms with Crippen LogP contribution < -0.4 is 0 Å². The van der Waals surface area contributed by atoms with Crippen molar-refractivity contribution in [2.75, 3.05) is 0 Å². The van der Waals surface area contributed by atoms with Gasteiger partial charge >= 0.3 is 0 Å². The molecule has 0 aliphatic rings. The van der Waals surface area contributed by atoms with Gasteiger partial charge in [-0.15, -0.1) is 0 Å². The van der Waals surface area contributed by atoms with Gasteiger partial charge in [0.1, 0.15) is 0 Å². The maximum absolute atomic E-state index is 4.62. The van der Waals surface area contributed by atoms with Crippen LogP contribution >= 0.6 is 35.2 Å². The van der Waals surface area contributed by atoms with Gasteiger partial charge in [-0.1, -0.05) is 57.2 Å². The van der Waals surface area contributed by atoms with Gasteiger partial charge in [0.05, 0.1) is 0 Å². The van der Waals surface area contributed by atoms with Crippen molar-refractivity contribution in [3.05, 3.63) is 0 Å². The SMILES string of the molecule is CC(C)C(C(C)I)C(C)(C)S. The number of hydrogen-bond acceptors (Lipinski definition) is 1. The number of rotatable bonds is 3. The first-order valence-corrected chi connectivity index (χ1v) is 5.82. The lowest BCUT2D eigenvalue weighted by Gasteiger charge is -2.35. The van der Waals surface area contributed by atoms with Crippen LogP contribution in [0.3, 0.4) is 0 Å². The van der Waals surface area contributed by atoms with E-state index in [4.69, 9.17) is 0 Å². The summed E-state index contributed by atoms with van der Waals surface area (Å²) in [5, 5.41) is 0. The fourth-order valence-electron chi connectivity index (χ4n) is 1.91. The molecule has 2 unspecified atom stereocenters. The minimum atomic E-state index is 0.148. The van der Waals surface area contributed by atoms with E-state index in [9.17, 15) is 0 Å². The van der Waals surface area contributed by atoms with Crippen molar-refractivity contribution in [2.24, 2.45) is 11.8 Å². The Kier molecular flexibility index (Phi) is 4.78. The van der Waals surface area contributed by atoms with E-state index in [0.717, 1.165) is 5.92 Å². The van der Waals surface area contributed by atoms with Crippen LogP contribution in [0.25, 0.3) is 0 Å². The Balaban J connectivity index is 4.35. The van der Waals surface area contributed by atoms with Gasteiger partial charge in [-0.05, 0) is 11.8 Å². The average Bonchev–Trinajstić information content (AvgIpc) is 1.54. The third kappa shape index (κ3) is 4.02. The molecule has 0 N–H and O–H groups in total. The Morgan fingerprint density at radius 3 is 1.55 bits per heavy atom. The van der Waals surface area contributed by atoms with E-state index in [1.807, 2.05) is 0 Å². The summed E-state index contributed by atoms with van der Waals surface area (Å²) in [6, 6.07) is 0. The van der Waals surface area contributed by atoms with E-state index in [1.165, 1.54) is 0 Å². The molecule has 0 radical (unpaired) electrons. The molecule has 0 aliphatic heterocycles. The Bertz CT molecular complexity index is 105. The van der Waals surface area contributed by atoms with Crippen molar-refractivity contribution in [1.29, 1.82) is 0 Å². The lowest BCUT2D eigenvalue weighted by molar-refractivity contribution is 0.324. The van der Waals surface area contributed by atoms with Crippen LogP contribution in [-0.4, -0.2) is 8.67 Å². The molecule has 0 spiro atoms. The largest absolute Gasteiger partial charge is 0.173 e. The summed E-state index contributed by atoms with van der Waals surface area (Å²) in [6.45, 7) is 11.2. The van der Waals surface area contributed by atoms with Gasteiger partial charge < -0.3 is 0 Å². The Morgan fingerprint density at radius 2 is 1.55 bits per heavy atom. The highest BCUT2D eigenvalue weighted by Gasteiger charge is 2.31. The van der Waals surface area contributed by atoms with Gasteiger partial charge in [-0.3, -0.25) is 0 Å². The summed E-state index contributed by atoms with van der Waals surface area (Å²) in [6.07, 6.45) is 0. The first-order valence-electron chi connectivity index (χ1n) is 4.13. The summed E-state index contributed by atoms with van der Waals surface area (Å²) < 4.78 is 0.842. The Labute approximate surface area is 90.1 Å². The standard InChI is InChI=1S/C9H19IS/c1-6(2)8(7(3)10)9(4,5)11/h6-8,11H,1-5H3. The topological polar surface area (TPSA) is 0 Å². The predicted octanol–water partition coefficient (Wildman–Crippen LogP) is 3.79. The lowest BCUT2D eigenvalue weighted by Crippen LogP contribution is -2.34. The maximum atomic E-state index is 4.62. The second-order valence-electron chi connectivity index (χ2n) is 4.10. The zero-order valence-electron chi connectivity index (χ0n) is 8.06. The minimum absolute atomic E-state index is 0.148. The van der Waals surface area contributed by atoms with E-state index in [0.29, 0.717) is 9.84 Å². The van der Waals surface area contributed by atoms with Gasteiger partial charge in [0, 0.05) is 8.67 Å². The molecule has 2 atom stereocenters. The first-order chi connectivity index (χ1) is 4.76. The molecule has 0 saturated heterocycles. The third-order valence-electron chi connectivity index (χ3n) is 2.03. The maximum Gasteiger partial charge on any atom is 0.0125 e. The van der Waals surface area contributed by atoms with Crippen molar-refractivity contribution in [3.8, 4) is 0 Å². The van der Waals surface area contributed by atoms with Gasteiger partial charge in [0.2, 0.25) is 0 Å².